The van der Waals surface area contributed by atoms with Gasteiger partial charge in [-0.05, 0) is 60.5 Å². The van der Waals surface area contributed by atoms with Crippen molar-refractivity contribution in [2.75, 3.05) is 15.9 Å². The molecule has 30 heavy (non-hydrogen) atoms. The van der Waals surface area contributed by atoms with Gasteiger partial charge in [-0.25, -0.2) is 8.42 Å². The fraction of sp³-hybridized carbons (Fsp3) is 0.136. The van der Waals surface area contributed by atoms with E-state index in [-0.39, 0.29) is 12.5 Å². The molecule has 3 aromatic carbocycles. The average molecular weight is 463 g/mol. The molecule has 0 heterocycles. The van der Waals surface area contributed by atoms with Gasteiger partial charge in [-0.3, -0.25) is 9.10 Å². The van der Waals surface area contributed by atoms with E-state index >= 15 is 0 Å². The van der Waals surface area contributed by atoms with E-state index in [0.717, 1.165) is 11.8 Å². The monoisotopic (exact) mass is 462 g/mol. The van der Waals surface area contributed by atoms with E-state index in [9.17, 15) is 13.2 Å². The second-order valence-electron chi connectivity index (χ2n) is 6.83. The molecule has 0 unspecified atom stereocenters. The zero-order chi connectivity index (χ0) is 21.9. The summed E-state index contributed by atoms with van der Waals surface area (Å²) in [6.45, 7) is 1.97. The number of hydrogen-bond donors (Lipinski definition) is 1. The summed E-state index contributed by atoms with van der Waals surface area (Å²) in [7, 11) is -3.56. The molecule has 0 saturated heterocycles. The molecule has 0 fully saturated rings. The maximum absolute atomic E-state index is 12.5. The molecule has 8 heteroatoms. The molecule has 0 spiro atoms. The van der Waals surface area contributed by atoms with E-state index < -0.39 is 10.0 Å². The average Bonchev–Trinajstić information content (AvgIpc) is 2.69. The molecule has 3 aromatic rings. The van der Waals surface area contributed by atoms with Crippen LogP contribution in [0.3, 0.4) is 0 Å². The molecule has 0 aliphatic rings. The van der Waals surface area contributed by atoms with Crippen LogP contribution in [0, 0.1) is 6.92 Å². The summed E-state index contributed by atoms with van der Waals surface area (Å²) < 4.78 is 26.0. The molecule has 0 aliphatic heterocycles. The Morgan fingerprint density at radius 2 is 1.63 bits per heavy atom. The van der Waals surface area contributed by atoms with E-state index in [4.69, 9.17) is 23.2 Å². The van der Waals surface area contributed by atoms with Gasteiger partial charge < -0.3 is 5.32 Å². The molecule has 0 radical (unpaired) electrons. The predicted molar refractivity (Wildman–Crippen MR) is 123 cm³/mol. The third-order valence-corrected chi connectivity index (χ3v) is 6.44. The summed E-state index contributed by atoms with van der Waals surface area (Å²) in [5.74, 6) is -0.321. The minimum absolute atomic E-state index is 0.0892. The Balaban J connectivity index is 1.81. The molecule has 0 bridgehead atoms. The highest BCUT2D eigenvalue weighted by Crippen LogP contribution is 2.25. The third kappa shape index (κ3) is 5.33. The first-order valence-electron chi connectivity index (χ1n) is 9.04. The molecule has 0 saturated carbocycles. The quantitative estimate of drug-likeness (QED) is 0.524. The third-order valence-electron chi connectivity index (χ3n) is 4.52. The number of amides is 1. The van der Waals surface area contributed by atoms with Crippen molar-refractivity contribution in [1.82, 2.24) is 0 Å². The van der Waals surface area contributed by atoms with Crippen LogP contribution in [-0.2, 0) is 16.6 Å². The first-order valence-corrected chi connectivity index (χ1v) is 11.6. The minimum atomic E-state index is -3.56. The molecule has 1 N–H and O–H groups in total. The number of hydrogen-bond acceptors (Lipinski definition) is 3. The standard InChI is InChI=1S/C22H20Cl2N2O3S/c1-15-7-10-18(13-21(15)24)25-22(27)16-8-11-19(12-9-16)26(30(2,28)29)14-17-5-3-4-6-20(17)23/h3-13H,14H2,1-2H3,(H,25,27). The molecular formula is C22H20Cl2N2O3S. The van der Waals surface area contributed by atoms with Crippen LogP contribution in [0.15, 0.2) is 66.7 Å². The number of aryl methyl sites for hydroxylation is 1. The topological polar surface area (TPSA) is 66.5 Å². The van der Waals surface area contributed by atoms with Crippen LogP contribution in [0.5, 0.6) is 0 Å². The fourth-order valence-corrected chi connectivity index (χ4v) is 4.09. The van der Waals surface area contributed by atoms with Crippen LogP contribution in [0.4, 0.5) is 11.4 Å². The normalized spacial score (nSPS) is 11.2. The van der Waals surface area contributed by atoms with Crippen LogP contribution in [-0.4, -0.2) is 20.6 Å². The van der Waals surface area contributed by atoms with Gasteiger partial charge in [0.2, 0.25) is 10.0 Å². The molecule has 0 aromatic heterocycles. The van der Waals surface area contributed by atoms with Gasteiger partial charge in [0.1, 0.15) is 0 Å². The Kier molecular flexibility index (Phi) is 6.71. The first-order chi connectivity index (χ1) is 14.1. The largest absolute Gasteiger partial charge is 0.322 e. The number of rotatable bonds is 6. The highest BCUT2D eigenvalue weighted by Gasteiger charge is 2.19. The van der Waals surface area contributed by atoms with Gasteiger partial charge in [0.15, 0.2) is 0 Å². The second kappa shape index (κ2) is 9.08. The lowest BCUT2D eigenvalue weighted by atomic mass is 10.1. The Labute approximate surface area is 186 Å². The number of carbonyl (C=O) groups is 1. The van der Waals surface area contributed by atoms with Crippen LogP contribution < -0.4 is 9.62 Å². The van der Waals surface area contributed by atoms with Crippen LogP contribution in [0.2, 0.25) is 10.0 Å². The van der Waals surface area contributed by atoms with Crippen molar-refractivity contribution < 1.29 is 13.2 Å². The summed E-state index contributed by atoms with van der Waals surface area (Å²) >= 11 is 12.3. The van der Waals surface area contributed by atoms with Crippen LogP contribution >= 0.6 is 23.2 Å². The van der Waals surface area contributed by atoms with Crippen molar-refractivity contribution in [3.8, 4) is 0 Å². The first kappa shape index (κ1) is 22.2. The highest BCUT2D eigenvalue weighted by molar-refractivity contribution is 7.92. The van der Waals surface area contributed by atoms with Gasteiger partial charge >= 0.3 is 0 Å². The van der Waals surface area contributed by atoms with Gasteiger partial charge in [0.05, 0.1) is 18.5 Å². The van der Waals surface area contributed by atoms with Crippen molar-refractivity contribution in [3.63, 3.8) is 0 Å². The van der Waals surface area contributed by atoms with Gasteiger partial charge in [-0.15, -0.1) is 0 Å². The SMILES string of the molecule is Cc1ccc(NC(=O)c2ccc(N(Cc3ccccc3Cl)S(C)(=O)=O)cc2)cc1Cl. The maximum Gasteiger partial charge on any atom is 0.255 e. The summed E-state index contributed by atoms with van der Waals surface area (Å²) in [4.78, 5) is 12.5. The van der Waals surface area contributed by atoms with E-state index in [1.54, 1.807) is 60.7 Å². The minimum Gasteiger partial charge on any atom is -0.322 e. The fourth-order valence-electron chi connectivity index (χ4n) is 2.83. The molecule has 156 valence electrons. The zero-order valence-electron chi connectivity index (χ0n) is 16.4. The van der Waals surface area contributed by atoms with E-state index in [1.807, 2.05) is 13.0 Å². The summed E-state index contributed by atoms with van der Waals surface area (Å²) in [5, 5.41) is 3.83. The Morgan fingerprint density at radius 1 is 0.967 bits per heavy atom. The lowest BCUT2D eigenvalue weighted by Gasteiger charge is -2.23. The molecule has 1 amide bonds. The molecule has 5 nitrogen and oxygen atoms in total. The molecule has 3 rings (SSSR count). The lowest BCUT2D eigenvalue weighted by Crippen LogP contribution is -2.29. The number of nitrogens with zero attached hydrogens (tertiary/aromatic N) is 1. The van der Waals surface area contributed by atoms with Crippen LogP contribution in [0.1, 0.15) is 21.5 Å². The zero-order valence-corrected chi connectivity index (χ0v) is 18.7. The number of carbonyl (C=O) groups excluding carboxylic acids is 1. The van der Waals surface area contributed by atoms with Gasteiger partial charge in [0, 0.05) is 21.3 Å². The van der Waals surface area contributed by atoms with Crippen molar-refractivity contribution in [3.05, 3.63) is 93.5 Å². The molecule has 0 atom stereocenters. The van der Waals surface area contributed by atoms with Crippen molar-refractivity contribution in [2.45, 2.75) is 13.5 Å². The Hall–Kier alpha value is -2.54. The number of benzene rings is 3. The van der Waals surface area contributed by atoms with E-state index in [0.29, 0.717) is 32.5 Å². The number of anilines is 2. The van der Waals surface area contributed by atoms with E-state index in [2.05, 4.69) is 5.32 Å². The molecule has 0 aliphatic carbocycles. The smallest absolute Gasteiger partial charge is 0.255 e. The van der Waals surface area contributed by atoms with E-state index in [1.165, 1.54) is 4.31 Å². The predicted octanol–water partition coefficient (Wildman–Crippen LogP) is 5.52. The Bertz CT molecular complexity index is 1180. The maximum atomic E-state index is 12.5. The van der Waals surface area contributed by atoms with Crippen molar-refractivity contribution >= 4 is 50.5 Å². The molecular weight excluding hydrogens is 443 g/mol. The van der Waals surface area contributed by atoms with Crippen LogP contribution in [0.25, 0.3) is 0 Å². The lowest BCUT2D eigenvalue weighted by molar-refractivity contribution is 0.102. The summed E-state index contributed by atoms with van der Waals surface area (Å²) in [6.07, 6.45) is 1.13. The number of halogens is 2. The highest BCUT2D eigenvalue weighted by atomic mass is 35.5. The van der Waals surface area contributed by atoms with Gasteiger partial charge in [-0.1, -0.05) is 47.5 Å². The van der Waals surface area contributed by atoms with Gasteiger partial charge in [0.25, 0.3) is 5.91 Å². The number of sulfonamides is 1. The summed E-state index contributed by atoms with van der Waals surface area (Å²) in [6, 6.07) is 18.7. The van der Waals surface area contributed by atoms with Gasteiger partial charge in [-0.2, -0.15) is 0 Å². The number of nitrogens with one attached hydrogen (secondary N) is 1. The summed E-state index contributed by atoms with van der Waals surface area (Å²) in [5.41, 5.74) is 3.01. The van der Waals surface area contributed by atoms with Crippen molar-refractivity contribution in [1.29, 1.82) is 0 Å². The van der Waals surface area contributed by atoms with Crippen molar-refractivity contribution in [2.24, 2.45) is 0 Å². The Morgan fingerprint density at radius 3 is 2.23 bits per heavy atom. The second-order valence-corrected chi connectivity index (χ2v) is 9.55.